The first kappa shape index (κ1) is 19.0. The van der Waals surface area contributed by atoms with Crippen LogP contribution >= 0.6 is 0 Å². The van der Waals surface area contributed by atoms with Gasteiger partial charge in [-0.15, -0.1) is 0 Å². The van der Waals surface area contributed by atoms with E-state index in [9.17, 15) is 13.2 Å². The van der Waals surface area contributed by atoms with E-state index in [1.54, 1.807) is 0 Å². The van der Waals surface area contributed by atoms with Crippen LogP contribution in [0, 0.1) is 22.7 Å². The van der Waals surface area contributed by atoms with Gasteiger partial charge in [-0.05, 0) is 54.1 Å². The number of hydrogen-bond acceptors (Lipinski definition) is 3. The molecule has 4 nitrogen and oxygen atoms in total. The first-order chi connectivity index (χ1) is 12.6. The second-order valence-electron chi connectivity index (χ2n) is 9.90. The van der Waals surface area contributed by atoms with Gasteiger partial charge in [0.05, 0.1) is 18.2 Å². The van der Waals surface area contributed by atoms with Crippen LogP contribution in [0.4, 0.5) is 0 Å². The molecule has 1 saturated heterocycles. The molecule has 1 spiro atoms. The molecular weight excluding hydrogens is 358 g/mol. The van der Waals surface area contributed by atoms with E-state index in [0.29, 0.717) is 11.8 Å². The highest BCUT2D eigenvalue weighted by Gasteiger charge is 2.72. The van der Waals surface area contributed by atoms with Gasteiger partial charge in [0.15, 0.2) is 0 Å². The maximum atomic E-state index is 13.1. The topological polar surface area (TPSA) is 54.5 Å². The Labute approximate surface area is 163 Å². The highest BCUT2D eigenvalue weighted by Crippen LogP contribution is 2.69. The molecule has 3 atom stereocenters. The second kappa shape index (κ2) is 6.07. The molecule has 0 aromatic heterocycles. The van der Waals surface area contributed by atoms with Gasteiger partial charge in [-0.1, -0.05) is 52.0 Å². The molecule has 1 aliphatic heterocycles. The van der Waals surface area contributed by atoms with Crippen LogP contribution in [0.2, 0.25) is 0 Å². The largest absolute Gasteiger partial charge is 0.273 e. The number of carbonyl (C=O) groups is 1. The van der Waals surface area contributed by atoms with Crippen LogP contribution in [-0.4, -0.2) is 30.4 Å². The zero-order chi connectivity index (χ0) is 19.6. The fourth-order valence-electron chi connectivity index (χ4n) is 6.13. The monoisotopic (exact) mass is 389 g/mol. The van der Waals surface area contributed by atoms with Crippen molar-refractivity contribution in [3.63, 3.8) is 0 Å². The van der Waals surface area contributed by atoms with Crippen molar-refractivity contribution in [3.8, 4) is 0 Å². The molecule has 2 aliphatic carbocycles. The lowest BCUT2D eigenvalue weighted by Crippen LogP contribution is -2.44. The van der Waals surface area contributed by atoms with E-state index in [0.717, 1.165) is 31.2 Å². The Hall–Kier alpha value is -1.36. The Morgan fingerprint density at radius 2 is 1.81 bits per heavy atom. The zero-order valence-corrected chi connectivity index (χ0v) is 17.7. The summed E-state index contributed by atoms with van der Waals surface area (Å²) in [7, 11) is -3.52. The van der Waals surface area contributed by atoms with Crippen molar-refractivity contribution >= 4 is 15.9 Å². The maximum Gasteiger partial charge on any atom is 0.240 e. The summed E-state index contributed by atoms with van der Waals surface area (Å²) in [6.07, 6.45) is 4.04. The van der Waals surface area contributed by atoms with E-state index in [2.05, 4.69) is 39.8 Å². The van der Waals surface area contributed by atoms with E-state index in [4.69, 9.17) is 0 Å². The Morgan fingerprint density at radius 1 is 1.19 bits per heavy atom. The third-order valence-corrected chi connectivity index (χ3v) is 9.62. The highest BCUT2D eigenvalue weighted by molar-refractivity contribution is 7.90. The van der Waals surface area contributed by atoms with Crippen LogP contribution in [-0.2, 0) is 27.7 Å². The molecule has 2 bridgehead atoms. The summed E-state index contributed by atoms with van der Waals surface area (Å²) >= 11 is 0. The molecule has 0 N–H and O–H groups in total. The molecule has 0 unspecified atom stereocenters. The molecular formula is C22H31NO3S. The fourth-order valence-corrected chi connectivity index (χ4v) is 8.68. The summed E-state index contributed by atoms with van der Waals surface area (Å²) in [5.41, 5.74) is 1.90. The predicted molar refractivity (Wildman–Crippen MR) is 107 cm³/mol. The predicted octanol–water partition coefficient (Wildman–Crippen LogP) is 3.79. The van der Waals surface area contributed by atoms with Gasteiger partial charge in [-0.2, -0.15) is 0 Å². The average Bonchev–Trinajstić information content (AvgIpc) is 3.03. The SMILES string of the molecule is CC(C)Cc1ccc(CC(=O)N2[C@@H]3C[C@H]4CC[C@]3(CS2(=O)=O)C4(C)C)cc1. The van der Waals surface area contributed by atoms with Crippen molar-refractivity contribution in [2.75, 3.05) is 5.75 Å². The van der Waals surface area contributed by atoms with Crippen molar-refractivity contribution in [2.45, 2.75) is 65.8 Å². The van der Waals surface area contributed by atoms with Gasteiger partial charge in [0.2, 0.25) is 15.9 Å². The van der Waals surface area contributed by atoms with Crippen molar-refractivity contribution in [1.29, 1.82) is 0 Å². The van der Waals surface area contributed by atoms with Crippen LogP contribution in [0.15, 0.2) is 24.3 Å². The van der Waals surface area contributed by atoms with Gasteiger partial charge in [0.1, 0.15) is 0 Å². The zero-order valence-electron chi connectivity index (χ0n) is 16.9. The van der Waals surface area contributed by atoms with Gasteiger partial charge < -0.3 is 0 Å². The number of amides is 1. The van der Waals surface area contributed by atoms with E-state index in [1.807, 2.05) is 12.1 Å². The minimum absolute atomic E-state index is 0.00173. The van der Waals surface area contributed by atoms with Crippen LogP contribution < -0.4 is 0 Å². The molecule has 1 heterocycles. The lowest BCUT2D eigenvalue weighted by Gasteiger charge is -2.37. The van der Waals surface area contributed by atoms with Crippen molar-refractivity contribution in [1.82, 2.24) is 4.31 Å². The van der Waals surface area contributed by atoms with Crippen molar-refractivity contribution in [2.24, 2.45) is 22.7 Å². The number of sulfonamides is 1. The Morgan fingerprint density at radius 3 is 2.41 bits per heavy atom. The molecule has 5 heteroatoms. The Kier molecular flexibility index (Phi) is 4.26. The summed E-state index contributed by atoms with van der Waals surface area (Å²) in [6.45, 7) is 8.79. The first-order valence-electron chi connectivity index (χ1n) is 10.2. The molecule has 3 aliphatic rings. The number of fused-ring (bicyclic) bond motifs is 1. The molecule has 3 fully saturated rings. The summed E-state index contributed by atoms with van der Waals surface area (Å²) in [5.74, 6) is 1.01. The second-order valence-corrected chi connectivity index (χ2v) is 11.7. The Balaban J connectivity index is 1.56. The molecule has 1 aromatic rings. The molecule has 1 amide bonds. The lowest BCUT2D eigenvalue weighted by molar-refractivity contribution is -0.128. The minimum atomic E-state index is -3.52. The highest BCUT2D eigenvalue weighted by atomic mass is 32.2. The van der Waals surface area contributed by atoms with Gasteiger partial charge in [0, 0.05) is 5.41 Å². The molecule has 27 heavy (non-hydrogen) atoms. The molecule has 4 rings (SSSR count). The number of nitrogens with zero attached hydrogens (tertiary/aromatic N) is 1. The fraction of sp³-hybridized carbons (Fsp3) is 0.682. The number of carbonyl (C=O) groups excluding carboxylic acids is 1. The number of benzene rings is 1. The molecule has 1 aromatic carbocycles. The van der Waals surface area contributed by atoms with E-state index in [-0.39, 0.29) is 35.0 Å². The standard InChI is InChI=1S/C22H31NO3S/c1-15(2)11-16-5-7-17(8-6-16)12-20(24)23-19-13-18-9-10-22(19,21(18,3)4)14-27(23,25)26/h5-8,15,18-19H,9-14H2,1-4H3/t18-,19-,22-/m1/s1. The lowest BCUT2D eigenvalue weighted by atomic mass is 9.69. The van der Waals surface area contributed by atoms with E-state index < -0.39 is 10.0 Å². The quantitative estimate of drug-likeness (QED) is 0.787. The smallest absolute Gasteiger partial charge is 0.240 e. The maximum absolute atomic E-state index is 13.1. The van der Waals surface area contributed by atoms with Crippen LogP contribution in [0.1, 0.15) is 58.1 Å². The van der Waals surface area contributed by atoms with Crippen LogP contribution in [0.5, 0.6) is 0 Å². The summed E-state index contributed by atoms with van der Waals surface area (Å²) in [4.78, 5) is 13.1. The van der Waals surface area contributed by atoms with Crippen molar-refractivity contribution < 1.29 is 13.2 Å². The summed E-state index contributed by atoms with van der Waals surface area (Å²) in [5, 5.41) is 0. The normalized spacial score (nSPS) is 32.9. The molecule has 0 radical (unpaired) electrons. The first-order valence-corrected chi connectivity index (χ1v) is 11.8. The molecule has 148 valence electrons. The Bertz CT molecular complexity index is 856. The van der Waals surface area contributed by atoms with Gasteiger partial charge >= 0.3 is 0 Å². The third-order valence-electron chi connectivity index (χ3n) is 7.68. The van der Waals surface area contributed by atoms with Gasteiger partial charge in [-0.3, -0.25) is 4.79 Å². The van der Waals surface area contributed by atoms with Gasteiger partial charge in [0.25, 0.3) is 0 Å². The summed E-state index contributed by atoms with van der Waals surface area (Å²) < 4.78 is 27.2. The minimum Gasteiger partial charge on any atom is -0.273 e. The third kappa shape index (κ3) is 2.76. The number of hydrogen-bond donors (Lipinski definition) is 0. The van der Waals surface area contributed by atoms with E-state index in [1.165, 1.54) is 9.87 Å². The average molecular weight is 390 g/mol. The van der Waals surface area contributed by atoms with Gasteiger partial charge in [-0.25, -0.2) is 12.7 Å². The van der Waals surface area contributed by atoms with Crippen LogP contribution in [0.3, 0.4) is 0 Å². The van der Waals surface area contributed by atoms with E-state index >= 15 is 0 Å². The molecule has 2 saturated carbocycles. The van der Waals surface area contributed by atoms with Crippen LogP contribution in [0.25, 0.3) is 0 Å². The van der Waals surface area contributed by atoms with Crippen molar-refractivity contribution in [3.05, 3.63) is 35.4 Å². The number of rotatable bonds is 4. The summed E-state index contributed by atoms with van der Waals surface area (Å²) in [6, 6.07) is 7.92.